The average molecular weight is 294 g/mol. The number of carbonyl (C=O) groups is 1. The van der Waals surface area contributed by atoms with Crippen LogP contribution < -0.4 is 5.32 Å². The molecule has 5 heteroatoms. The molecule has 0 amide bonds. The van der Waals surface area contributed by atoms with Crippen LogP contribution in [-0.2, 0) is 4.74 Å². The SMILES string of the molecule is CCOC(=O)c1ccc(Nc2c(F)cccc2Cl)cc1. The first kappa shape index (κ1) is 14.3. The lowest BCUT2D eigenvalue weighted by atomic mass is 10.2. The Labute approximate surface area is 121 Å². The molecule has 0 fully saturated rings. The van der Waals surface area contributed by atoms with E-state index >= 15 is 0 Å². The zero-order valence-electron chi connectivity index (χ0n) is 10.8. The molecule has 0 heterocycles. The van der Waals surface area contributed by atoms with Gasteiger partial charge in [-0.15, -0.1) is 0 Å². The van der Waals surface area contributed by atoms with Crippen LogP contribution in [0.1, 0.15) is 17.3 Å². The van der Waals surface area contributed by atoms with Crippen molar-refractivity contribution in [2.45, 2.75) is 6.92 Å². The Hall–Kier alpha value is -2.07. The summed E-state index contributed by atoms with van der Waals surface area (Å²) >= 11 is 5.93. The lowest BCUT2D eigenvalue weighted by Gasteiger charge is -2.10. The predicted octanol–water partition coefficient (Wildman–Crippen LogP) is 4.40. The Kier molecular flexibility index (Phi) is 4.58. The molecule has 0 saturated heterocycles. The van der Waals surface area contributed by atoms with E-state index in [1.54, 1.807) is 37.3 Å². The molecular weight excluding hydrogens is 281 g/mol. The van der Waals surface area contributed by atoms with Crippen molar-refractivity contribution in [3.05, 3.63) is 58.9 Å². The fourth-order valence-corrected chi connectivity index (χ4v) is 1.88. The van der Waals surface area contributed by atoms with Crippen molar-refractivity contribution in [1.29, 1.82) is 0 Å². The van der Waals surface area contributed by atoms with Crippen LogP contribution in [0.25, 0.3) is 0 Å². The van der Waals surface area contributed by atoms with Crippen molar-refractivity contribution in [1.82, 2.24) is 0 Å². The van der Waals surface area contributed by atoms with E-state index in [0.717, 1.165) is 0 Å². The summed E-state index contributed by atoms with van der Waals surface area (Å²) < 4.78 is 18.5. The zero-order chi connectivity index (χ0) is 14.5. The van der Waals surface area contributed by atoms with E-state index in [0.29, 0.717) is 22.9 Å². The zero-order valence-corrected chi connectivity index (χ0v) is 11.6. The number of esters is 1. The van der Waals surface area contributed by atoms with E-state index in [1.165, 1.54) is 12.1 Å². The third kappa shape index (κ3) is 3.27. The van der Waals surface area contributed by atoms with Crippen molar-refractivity contribution in [2.75, 3.05) is 11.9 Å². The normalized spacial score (nSPS) is 10.2. The quantitative estimate of drug-likeness (QED) is 0.849. The monoisotopic (exact) mass is 293 g/mol. The van der Waals surface area contributed by atoms with E-state index in [-0.39, 0.29) is 11.7 Å². The van der Waals surface area contributed by atoms with Crippen molar-refractivity contribution in [3.8, 4) is 0 Å². The Morgan fingerprint density at radius 3 is 2.55 bits per heavy atom. The van der Waals surface area contributed by atoms with Gasteiger partial charge in [0.25, 0.3) is 0 Å². The summed E-state index contributed by atoms with van der Waals surface area (Å²) in [4.78, 5) is 11.5. The number of para-hydroxylation sites is 1. The number of hydrogen-bond acceptors (Lipinski definition) is 3. The number of anilines is 2. The number of hydrogen-bond donors (Lipinski definition) is 1. The molecule has 0 aliphatic heterocycles. The lowest BCUT2D eigenvalue weighted by Crippen LogP contribution is -2.04. The molecule has 0 saturated carbocycles. The second kappa shape index (κ2) is 6.39. The van der Waals surface area contributed by atoms with Crippen LogP contribution in [0.2, 0.25) is 5.02 Å². The highest BCUT2D eigenvalue weighted by molar-refractivity contribution is 6.33. The summed E-state index contributed by atoms with van der Waals surface area (Å²) in [6, 6.07) is 11.0. The van der Waals surface area contributed by atoms with Crippen LogP contribution >= 0.6 is 11.6 Å². The van der Waals surface area contributed by atoms with E-state index < -0.39 is 5.82 Å². The van der Waals surface area contributed by atoms with E-state index in [9.17, 15) is 9.18 Å². The molecule has 2 aromatic rings. The van der Waals surface area contributed by atoms with Crippen molar-refractivity contribution < 1.29 is 13.9 Å². The molecule has 20 heavy (non-hydrogen) atoms. The Morgan fingerprint density at radius 1 is 1.25 bits per heavy atom. The fourth-order valence-electron chi connectivity index (χ4n) is 1.67. The Morgan fingerprint density at radius 2 is 1.95 bits per heavy atom. The number of benzene rings is 2. The minimum Gasteiger partial charge on any atom is -0.462 e. The van der Waals surface area contributed by atoms with E-state index in [4.69, 9.17) is 16.3 Å². The highest BCUT2D eigenvalue weighted by Gasteiger charge is 2.09. The highest BCUT2D eigenvalue weighted by Crippen LogP contribution is 2.28. The third-order valence-corrected chi connectivity index (χ3v) is 2.94. The van der Waals surface area contributed by atoms with Gasteiger partial charge in [-0.25, -0.2) is 9.18 Å². The Balaban J connectivity index is 2.17. The molecule has 2 aromatic carbocycles. The van der Waals surface area contributed by atoms with Gasteiger partial charge in [-0.05, 0) is 43.3 Å². The van der Waals surface area contributed by atoms with Crippen LogP contribution in [0.5, 0.6) is 0 Å². The Bertz CT molecular complexity index is 594. The van der Waals surface area contributed by atoms with Gasteiger partial charge in [0.05, 0.1) is 22.9 Å². The molecule has 2 rings (SSSR count). The molecule has 0 atom stereocenters. The maximum Gasteiger partial charge on any atom is 0.338 e. The maximum atomic E-state index is 13.6. The summed E-state index contributed by atoms with van der Waals surface area (Å²) in [5.74, 6) is -0.824. The van der Waals surface area contributed by atoms with Gasteiger partial charge < -0.3 is 10.1 Å². The molecule has 0 unspecified atom stereocenters. The maximum absolute atomic E-state index is 13.6. The summed E-state index contributed by atoms with van der Waals surface area (Å²) in [6.45, 7) is 2.07. The van der Waals surface area contributed by atoms with Crippen molar-refractivity contribution in [3.63, 3.8) is 0 Å². The predicted molar refractivity (Wildman–Crippen MR) is 77.1 cm³/mol. The summed E-state index contributed by atoms with van der Waals surface area (Å²) in [5.41, 5.74) is 1.28. The molecule has 0 aromatic heterocycles. The molecular formula is C15H13ClFNO2. The fraction of sp³-hybridized carbons (Fsp3) is 0.133. The minimum absolute atomic E-state index is 0.207. The smallest absolute Gasteiger partial charge is 0.338 e. The van der Waals surface area contributed by atoms with Gasteiger partial charge in [0, 0.05) is 5.69 Å². The lowest BCUT2D eigenvalue weighted by molar-refractivity contribution is 0.0526. The average Bonchev–Trinajstić information content (AvgIpc) is 2.44. The number of nitrogens with one attached hydrogen (secondary N) is 1. The van der Waals surface area contributed by atoms with Crippen molar-refractivity contribution in [2.24, 2.45) is 0 Å². The van der Waals surface area contributed by atoms with Gasteiger partial charge in [0.1, 0.15) is 5.82 Å². The summed E-state index contributed by atoms with van der Waals surface area (Å²) in [5, 5.41) is 3.17. The van der Waals surface area contributed by atoms with Gasteiger partial charge in [0.2, 0.25) is 0 Å². The first-order valence-corrected chi connectivity index (χ1v) is 6.48. The van der Waals surface area contributed by atoms with Crippen LogP contribution in [0.4, 0.5) is 15.8 Å². The first-order chi connectivity index (χ1) is 9.61. The largest absolute Gasteiger partial charge is 0.462 e. The van der Waals surface area contributed by atoms with Gasteiger partial charge >= 0.3 is 5.97 Å². The van der Waals surface area contributed by atoms with Gasteiger partial charge in [0.15, 0.2) is 0 Å². The minimum atomic E-state index is -0.438. The molecule has 0 radical (unpaired) electrons. The van der Waals surface area contributed by atoms with Gasteiger partial charge in [-0.2, -0.15) is 0 Å². The first-order valence-electron chi connectivity index (χ1n) is 6.10. The van der Waals surface area contributed by atoms with Crippen molar-refractivity contribution >= 4 is 28.9 Å². The standard InChI is InChI=1S/C15H13ClFNO2/c1-2-20-15(19)10-6-8-11(9-7-10)18-14-12(16)4-3-5-13(14)17/h3-9,18H,2H2,1H3. The van der Waals surface area contributed by atoms with Gasteiger partial charge in [-0.3, -0.25) is 0 Å². The van der Waals surface area contributed by atoms with E-state index in [2.05, 4.69) is 5.32 Å². The number of halogens is 2. The van der Waals surface area contributed by atoms with Crippen LogP contribution in [0.3, 0.4) is 0 Å². The third-order valence-electron chi connectivity index (χ3n) is 2.63. The number of carbonyl (C=O) groups excluding carboxylic acids is 1. The van der Waals surface area contributed by atoms with Crippen LogP contribution in [0.15, 0.2) is 42.5 Å². The van der Waals surface area contributed by atoms with E-state index in [1.807, 2.05) is 0 Å². The summed E-state index contributed by atoms with van der Waals surface area (Å²) in [6.07, 6.45) is 0. The molecule has 0 aliphatic rings. The topological polar surface area (TPSA) is 38.3 Å². The van der Waals surface area contributed by atoms with Crippen LogP contribution in [-0.4, -0.2) is 12.6 Å². The molecule has 0 spiro atoms. The second-order valence-electron chi connectivity index (χ2n) is 4.02. The van der Waals surface area contributed by atoms with Crippen LogP contribution in [0, 0.1) is 5.82 Å². The van der Waals surface area contributed by atoms with Gasteiger partial charge in [-0.1, -0.05) is 17.7 Å². The molecule has 104 valence electrons. The molecule has 0 bridgehead atoms. The number of ether oxygens (including phenoxy) is 1. The second-order valence-corrected chi connectivity index (χ2v) is 4.43. The summed E-state index contributed by atoms with van der Waals surface area (Å²) in [7, 11) is 0. The molecule has 3 nitrogen and oxygen atoms in total. The highest BCUT2D eigenvalue weighted by atomic mass is 35.5. The molecule has 0 aliphatic carbocycles. The number of rotatable bonds is 4. The molecule has 1 N–H and O–H groups in total.